The summed E-state index contributed by atoms with van der Waals surface area (Å²) in [7, 11) is 3.22. The lowest BCUT2D eigenvalue weighted by molar-refractivity contribution is -0.160. The molecule has 5 nitrogen and oxygen atoms in total. The normalized spacial score (nSPS) is 16.7. The summed E-state index contributed by atoms with van der Waals surface area (Å²) in [4.78, 5) is 25.9. The van der Waals surface area contributed by atoms with E-state index in [2.05, 4.69) is 0 Å². The molecule has 1 fully saturated rings. The largest absolute Gasteiger partial charge is 0.496 e. The Kier molecular flexibility index (Phi) is 5.29. The number of aryl methyl sites for hydroxylation is 1. The Morgan fingerprint density at radius 3 is 2.48 bits per heavy atom. The molecule has 1 saturated carbocycles. The van der Waals surface area contributed by atoms with Crippen LogP contribution in [0.3, 0.4) is 0 Å². The third-order valence-corrected chi connectivity index (χ3v) is 4.92. The third-order valence-electron chi connectivity index (χ3n) is 4.92. The van der Waals surface area contributed by atoms with Gasteiger partial charge in [-0.3, -0.25) is 4.79 Å². The van der Waals surface area contributed by atoms with Gasteiger partial charge in [-0.15, -0.1) is 0 Å². The number of likely N-dealkylation sites (N-methyl/N-ethyl adjacent to an activating group) is 1. The molecule has 1 amide bonds. The Morgan fingerprint density at radius 2 is 1.91 bits per heavy atom. The number of hydrogen-bond donors (Lipinski definition) is 1. The van der Waals surface area contributed by atoms with Crippen LogP contribution < -0.4 is 4.74 Å². The van der Waals surface area contributed by atoms with Crippen LogP contribution in [0.1, 0.15) is 43.2 Å². The highest BCUT2D eigenvalue weighted by molar-refractivity contribution is 5.88. The minimum Gasteiger partial charge on any atom is -0.496 e. The van der Waals surface area contributed by atoms with Crippen molar-refractivity contribution in [2.45, 2.75) is 51.0 Å². The molecule has 2 rings (SSSR count). The topological polar surface area (TPSA) is 66.8 Å². The van der Waals surface area contributed by atoms with Crippen LogP contribution in [0.4, 0.5) is 0 Å². The minimum absolute atomic E-state index is 0.166. The molecular formula is C18H25NO4. The van der Waals surface area contributed by atoms with Crippen LogP contribution in [-0.4, -0.2) is 41.6 Å². The Labute approximate surface area is 137 Å². The van der Waals surface area contributed by atoms with Gasteiger partial charge in [-0.05, 0) is 37.0 Å². The van der Waals surface area contributed by atoms with Crippen LogP contribution in [0.5, 0.6) is 5.75 Å². The van der Waals surface area contributed by atoms with Gasteiger partial charge in [0.05, 0.1) is 13.5 Å². The Bertz CT molecular complexity index is 591. The number of ether oxygens (including phenoxy) is 1. The molecule has 0 spiro atoms. The summed E-state index contributed by atoms with van der Waals surface area (Å²) < 4.78 is 5.28. The van der Waals surface area contributed by atoms with Gasteiger partial charge in [-0.25, -0.2) is 4.79 Å². The molecular weight excluding hydrogens is 294 g/mol. The second-order valence-corrected chi connectivity index (χ2v) is 6.33. The minimum atomic E-state index is -1.05. The first-order valence-corrected chi connectivity index (χ1v) is 8.04. The molecule has 0 bridgehead atoms. The summed E-state index contributed by atoms with van der Waals surface area (Å²) >= 11 is 0. The molecule has 0 atom stereocenters. The number of rotatable bonds is 5. The molecule has 0 unspecified atom stereocenters. The second-order valence-electron chi connectivity index (χ2n) is 6.33. The number of amides is 1. The summed E-state index contributed by atoms with van der Waals surface area (Å²) in [5.41, 5.74) is 0.788. The summed E-state index contributed by atoms with van der Waals surface area (Å²) in [6.45, 7) is 1.94. The smallest absolute Gasteiger partial charge is 0.329 e. The first-order valence-electron chi connectivity index (χ1n) is 8.04. The molecule has 0 aliphatic heterocycles. The van der Waals surface area contributed by atoms with E-state index in [0.717, 1.165) is 36.1 Å². The van der Waals surface area contributed by atoms with Crippen molar-refractivity contribution in [2.75, 3.05) is 14.2 Å². The number of nitrogens with zero attached hydrogens (tertiary/aromatic N) is 1. The fraction of sp³-hybridized carbons (Fsp3) is 0.556. The van der Waals surface area contributed by atoms with Gasteiger partial charge < -0.3 is 14.7 Å². The Morgan fingerprint density at radius 1 is 1.26 bits per heavy atom. The molecule has 0 aromatic heterocycles. The monoisotopic (exact) mass is 319 g/mol. The van der Waals surface area contributed by atoms with E-state index in [1.165, 1.54) is 4.90 Å². The summed E-state index contributed by atoms with van der Waals surface area (Å²) in [6, 6.07) is 5.64. The van der Waals surface area contributed by atoms with E-state index in [4.69, 9.17) is 4.74 Å². The molecule has 1 aliphatic rings. The van der Waals surface area contributed by atoms with Gasteiger partial charge in [0.25, 0.3) is 0 Å². The zero-order chi connectivity index (χ0) is 17.0. The summed E-state index contributed by atoms with van der Waals surface area (Å²) in [5, 5.41) is 9.68. The van der Waals surface area contributed by atoms with Crippen LogP contribution in [-0.2, 0) is 16.0 Å². The fourth-order valence-electron chi connectivity index (χ4n) is 3.34. The highest BCUT2D eigenvalue weighted by atomic mass is 16.5. The van der Waals surface area contributed by atoms with Crippen LogP contribution in [0.15, 0.2) is 18.2 Å². The molecule has 1 N–H and O–H groups in total. The first kappa shape index (κ1) is 17.3. The lowest BCUT2D eigenvalue weighted by Crippen LogP contribution is -2.56. The molecule has 1 aromatic rings. The van der Waals surface area contributed by atoms with E-state index in [-0.39, 0.29) is 12.3 Å². The Balaban J connectivity index is 2.17. The fourth-order valence-corrected chi connectivity index (χ4v) is 3.34. The lowest BCUT2D eigenvalue weighted by atomic mass is 9.80. The van der Waals surface area contributed by atoms with E-state index in [1.807, 2.05) is 25.1 Å². The average Bonchev–Trinajstić information content (AvgIpc) is 2.56. The maximum absolute atomic E-state index is 12.6. The maximum atomic E-state index is 12.6. The molecule has 1 aliphatic carbocycles. The molecule has 5 heteroatoms. The maximum Gasteiger partial charge on any atom is 0.329 e. The number of methoxy groups -OCH3 is 1. The number of benzene rings is 1. The van der Waals surface area contributed by atoms with Crippen LogP contribution >= 0.6 is 0 Å². The summed E-state index contributed by atoms with van der Waals surface area (Å²) in [5.74, 6) is -0.321. The zero-order valence-electron chi connectivity index (χ0n) is 14.1. The predicted molar refractivity (Wildman–Crippen MR) is 87.7 cm³/mol. The highest BCUT2D eigenvalue weighted by Crippen LogP contribution is 2.33. The number of carboxylic acid groups (broad SMARTS) is 1. The van der Waals surface area contributed by atoms with Gasteiger partial charge in [0.2, 0.25) is 5.91 Å². The molecule has 0 saturated heterocycles. The number of hydrogen-bond acceptors (Lipinski definition) is 3. The van der Waals surface area contributed by atoms with Crippen molar-refractivity contribution in [3.05, 3.63) is 29.3 Å². The van der Waals surface area contributed by atoms with E-state index in [9.17, 15) is 14.7 Å². The van der Waals surface area contributed by atoms with Gasteiger partial charge in [0, 0.05) is 7.05 Å². The molecule has 1 aromatic carbocycles. The highest BCUT2D eigenvalue weighted by Gasteiger charge is 2.45. The Hall–Kier alpha value is -2.04. The van der Waals surface area contributed by atoms with Crippen molar-refractivity contribution in [1.29, 1.82) is 0 Å². The van der Waals surface area contributed by atoms with Crippen molar-refractivity contribution >= 4 is 11.9 Å². The van der Waals surface area contributed by atoms with E-state index in [0.29, 0.717) is 12.8 Å². The number of carboxylic acids is 1. The standard InChI is InChI=1S/C18H25NO4/c1-13-7-8-14(11-15(13)23-3)12-16(20)19(2)18(17(21)22)9-5-4-6-10-18/h7-8,11H,4-6,9-10,12H2,1-3H3,(H,21,22). The lowest BCUT2D eigenvalue weighted by Gasteiger charge is -2.41. The van der Waals surface area contributed by atoms with Crippen LogP contribution in [0.2, 0.25) is 0 Å². The third kappa shape index (κ3) is 3.49. The zero-order valence-corrected chi connectivity index (χ0v) is 14.1. The average molecular weight is 319 g/mol. The van der Waals surface area contributed by atoms with Gasteiger partial charge in [0.15, 0.2) is 0 Å². The van der Waals surface area contributed by atoms with Crippen molar-refractivity contribution in [3.8, 4) is 5.75 Å². The van der Waals surface area contributed by atoms with Gasteiger partial charge in [-0.2, -0.15) is 0 Å². The van der Waals surface area contributed by atoms with Gasteiger partial charge >= 0.3 is 5.97 Å². The molecule has 0 radical (unpaired) electrons. The molecule has 0 heterocycles. The number of carbonyl (C=O) groups is 2. The number of carbonyl (C=O) groups excluding carboxylic acids is 1. The van der Waals surface area contributed by atoms with Gasteiger partial charge in [0.1, 0.15) is 11.3 Å². The quantitative estimate of drug-likeness (QED) is 0.906. The van der Waals surface area contributed by atoms with Crippen LogP contribution in [0.25, 0.3) is 0 Å². The molecule has 126 valence electrons. The van der Waals surface area contributed by atoms with Crippen molar-refractivity contribution in [2.24, 2.45) is 0 Å². The number of aliphatic carboxylic acids is 1. The van der Waals surface area contributed by atoms with E-state index in [1.54, 1.807) is 14.2 Å². The predicted octanol–water partition coefficient (Wildman–Crippen LogP) is 2.79. The SMILES string of the molecule is COc1cc(CC(=O)N(C)C2(C(=O)O)CCCCC2)ccc1C. The van der Waals surface area contributed by atoms with E-state index < -0.39 is 11.5 Å². The second kappa shape index (κ2) is 7.02. The first-order chi connectivity index (χ1) is 10.9. The van der Waals surface area contributed by atoms with Crippen LogP contribution in [0, 0.1) is 6.92 Å². The van der Waals surface area contributed by atoms with Crippen molar-refractivity contribution < 1.29 is 19.4 Å². The van der Waals surface area contributed by atoms with Gasteiger partial charge in [-0.1, -0.05) is 31.4 Å². The van der Waals surface area contributed by atoms with Crippen molar-refractivity contribution in [3.63, 3.8) is 0 Å². The molecule has 23 heavy (non-hydrogen) atoms. The summed E-state index contributed by atoms with van der Waals surface area (Å²) in [6.07, 6.45) is 3.97. The van der Waals surface area contributed by atoms with E-state index >= 15 is 0 Å². The van der Waals surface area contributed by atoms with Crippen molar-refractivity contribution in [1.82, 2.24) is 4.90 Å².